The molecule has 1 aliphatic heterocycles. The fraction of sp³-hybridized carbons (Fsp3) is 0.455. The number of hydrogen-bond donors (Lipinski definition) is 0. The number of halogens is 2. The normalized spacial score (nSPS) is 17.0. The number of carbonyl (C=O) groups excluding carboxylic acids is 1. The third kappa shape index (κ3) is 4.01. The number of amides is 1. The van der Waals surface area contributed by atoms with Gasteiger partial charge in [0.15, 0.2) is 0 Å². The number of nitrogens with zero attached hydrogens (tertiary/aromatic N) is 2. The van der Waals surface area contributed by atoms with E-state index in [0.29, 0.717) is 25.9 Å². The standard InChI is InChI=1S/C22H26F2N2O2/c1-14-12-18(21(27)25(3)15(14)2)22(28)26-11-5-6-16(13-26)9-10-17-19(23)7-4-8-20(17)24/h4,7-8,12,16H,5-6,9-11,13H2,1-3H3/t16-/m1/s1. The van der Waals surface area contributed by atoms with E-state index in [0.717, 1.165) is 24.1 Å². The second kappa shape index (κ2) is 8.25. The van der Waals surface area contributed by atoms with Crippen LogP contribution < -0.4 is 5.56 Å². The van der Waals surface area contributed by atoms with Crippen LogP contribution in [0.1, 0.15) is 46.4 Å². The van der Waals surface area contributed by atoms with E-state index in [1.54, 1.807) is 18.0 Å². The van der Waals surface area contributed by atoms with Gasteiger partial charge in [0.25, 0.3) is 11.5 Å². The highest BCUT2D eigenvalue weighted by atomic mass is 19.1. The molecule has 1 aliphatic rings. The Labute approximate surface area is 163 Å². The lowest BCUT2D eigenvalue weighted by atomic mass is 9.91. The number of hydrogen-bond acceptors (Lipinski definition) is 2. The van der Waals surface area contributed by atoms with E-state index in [4.69, 9.17) is 0 Å². The summed E-state index contributed by atoms with van der Waals surface area (Å²) in [6.45, 7) is 4.84. The zero-order valence-electron chi connectivity index (χ0n) is 16.6. The third-order valence-corrected chi connectivity index (χ3v) is 5.87. The Kier molecular flexibility index (Phi) is 5.96. The van der Waals surface area contributed by atoms with Gasteiger partial charge in [-0.25, -0.2) is 8.78 Å². The van der Waals surface area contributed by atoms with Crippen LogP contribution in [0, 0.1) is 31.4 Å². The highest BCUT2D eigenvalue weighted by Crippen LogP contribution is 2.24. The summed E-state index contributed by atoms with van der Waals surface area (Å²) in [5, 5.41) is 0. The molecule has 2 aromatic rings. The lowest BCUT2D eigenvalue weighted by molar-refractivity contribution is 0.0665. The largest absolute Gasteiger partial charge is 0.338 e. The monoisotopic (exact) mass is 388 g/mol. The molecule has 0 N–H and O–H groups in total. The molecule has 0 aliphatic carbocycles. The molecule has 0 radical (unpaired) electrons. The molecule has 1 amide bonds. The summed E-state index contributed by atoms with van der Waals surface area (Å²) >= 11 is 0. The molecule has 28 heavy (non-hydrogen) atoms. The summed E-state index contributed by atoms with van der Waals surface area (Å²) in [6.07, 6.45) is 2.63. The Bertz CT molecular complexity index is 932. The number of rotatable bonds is 4. The summed E-state index contributed by atoms with van der Waals surface area (Å²) in [4.78, 5) is 27.2. The first-order valence-electron chi connectivity index (χ1n) is 9.69. The minimum atomic E-state index is -0.526. The molecule has 4 nitrogen and oxygen atoms in total. The van der Waals surface area contributed by atoms with E-state index < -0.39 is 11.6 Å². The van der Waals surface area contributed by atoms with Crippen molar-refractivity contribution in [2.75, 3.05) is 13.1 Å². The Morgan fingerprint density at radius 1 is 1.21 bits per heavy atom. The van der Waals surface area contributed by atoms with Crippen molar-refractivity contribution in [3.63, 3.8) is 0 Å². The van der Waals surface area contributed by atoms with Crippen molar-refractivity contribution >= 4 is 5.91 Å². The summed E-state index contributed by atoms with van der Waals surface area (Å²) < 4.78 is 29.2. The minimum absolute atomic E-state index is 0.106. The highest BCUT2D eigenvalue weighted by molar-refractivity contribution is 5.94. The fourth-order valence-electron chi connectivity index (χ4n) is 3.91. The van der Waals surface area contributed by atoms with Crippen molar-refractivity contribution in [2.45, 2.75) is 39.5 Å². The van der Waals surface area contributed by atoms with Gasteiger partial charge >= 0.3 is 0 Å². The molecule has 1 saturated heterocycles. The van der Waals surface area contributed by atoms with E-state index >= 15 is 0 Å². The molecule has 0 unspecified atom stereocenters. The number of piperidine rings is 1. The molecule has 6 heteroatoms. The van der Waals surface area contributed by atoms with E-state index in [2.05, 4.69) is 0 Å². The summed E-state index contributed by atoms with van der Waals surface area (Å²) in [5.74, 6) is -1.15. The molecule has 1 aromatic carbocycles. The Balaban J connectivity index is 1.71. The second-order valence-electron chi connectivity index (χ2n) is 7.69. The zero-order chi connectivity index (χ0) is 20.4. The SMILES string of the molecule is Cc1cc(C(=O)N2CCC[C@H](CCc3c(F)cccc3F)C2)c(=O)n(C)c1C. The second-order valence-corrected chi connectivity index (χ2v) is 7.69. The van der Waals surface area contributed by atoms with Crippen LogP contribution in [0.2, 0.25) is 0 Å². The number of likely N-dealkylation sites (tertiary alicyclic amines) is 1. The number of benzene rings is 1. The quantitative estimate of drug-likeness (QED) is 0.800. The molecule has 2 heterocycles. The molecule has 0 bridgehead atoms. The van der Waals surface area contributed by atoms with Crippen molar-refractivity contribution in [1.82, 2.24) is 9.47 Å². The average Bonchev–Trinajstić information content (AvgIpc) is 2.68. The topological polar surface area (TPSA) is 42.3 Å². The molecule has 0 spiro atoms. The van der Waals surface area contributed by atoms with Gasteiger partial charge in [0, 0.05) is 31.4 Å². The predicted octanol–water partition coefficient (Wildman–Crippen LogP) is 3.77. The van der Waals surface area contributed by atoms with Gasteiger partial charge in [0.05, 0.1) is 0 Å². The number of carbonyl (C=O) groups is 1. The van der Waals surface area contributed by atoms with E-state index in [-0.39, 0.29) is 28.5 Å². The lowest BCUT2D eigenvalue weighted by Crippen LogP contribution is -2.42. The van der Waals surface area contributed by atoms with Gasteiger partial charge in [-0.1, -0.05) is 6.07 Å². The minimum Gasteiger partial charge on any atom is -0.338 e. The van der Waals surface area contributed by atoms with E-state index in [9.17, 15) is 18.4 Å². The van der Waals surface area contributed by atoms with Crippen molar-refractivity contribution in [3.05, 3.63) is 68.6 Å². The highest BCUT2D eigenvalue weighted by Gasteiger charge is 2.27. The third-order valence-electron chi connectivity index (χ3n) is 5.87. The van der Waals surface area contributed by atoms with Gasteiger partial charge < -0.3 is 9.47 Å². The van der Waals surface area contributed by atoms with Crippen LogP contribution in [0.15, 0.2) is 29.1 Å². The average molecular weight is 388 g/mol. The van der Waals surface area contributed by atoms with Crippen LogP contribution in [-0.2, 0) is 13.5 Å². The number of pyridine rings is 1. The van der Waals surface area contributed by atoms with Gasteiger partial charge in [0.1, 0.15) is 17.2 Å². The van der Waals surface area contributed by atoms with Crippen molar-refractivity contribution in [2.24, 2.45) is 13.0 Å². The summed E-state index contributed by atoms with van der Waals surface area (Å²) in [6, 6.07) is 5.56. The maximum atomic E-state index is 13.8. The summed E-state index contributed by atoms with van der Waals surface area (Å²) in [7, 11) is 1.67. The van der Waals surface area contributed by atoms with Gasteiger partial charge in [-0.3, -0.25) is 9.59 Å². The Morgan fingerprint density at radius 3 is 2.57 bits per heavy atom. The number of aryl methyl sites for hydroxylation is 1. The van der Waals surface area contributed by atoms with Crippen LogP contribution in [0.5, 0.6) is 0 Å². The lowest BCUT2D eigenvalue weighted by Gasteiger charge is -2.33. The molecule has 1 fully saturated rings. The van der Waals surface area contributed by atoms with Crippen LogP contribution in [0.25, 0.3) is 0 Å². The van der Waals surface area contributed by atoms with Gasteiger partial charge in [-0.05, 0) is 69.2 Å². The van der Waals surface area contributed by atoms with Crippen molar-refractivity contribution in [1.29, 1.82) is 0 Å². The number of aromatic nitrogens is 1. The Hall–Kier alpha value is -2.50. The predicted molar refractivity (Wildman–Crippen MR) is 104 cm³/mol. The first-order chi connectivity index (χ1) is 13.3. The van der Waals surface area contributed by atoms with Crippen LogP contribution >= 0.6 is 0 Å². The maximum absolute atomic E-state index is 13.8. The van der Waals surface area contributed by atoms with E-state index in [1.807, 2.05) is 13.8 Å². The molecular formula is C22H26F2N2O2. The summed E-state index contributed by atoms with van der Waals surface area (Å²) in [5.41, 5.74) is 1.74. The Morgan fingerprint density at radius 2 is 1.89 bits per heavy atom. The molecular weight excluding hydrogens is 362 g/mol. The first kappa shape index (κ1) is 20.2. The first-order valence-corrected chi connectivity index (χ1v) is 9.69. The molecule has 1 atom stereocenters. The van der Waals surface area contributed by atoms with Crippen LogP contribution in [0.3, 0.4) is 0 Å². The van der Waals surface area contributed by atoms with Crippen molar-refractivity contribution in [3.8, 4) is 0 Å². The van der Waals surface area contributed by atoms with Crippen LogP contribution in [0.4, 0.5) is 8.78 Å². The van der Waals surface area contributed by atoms with Gasteiger partial charge in [-0.15, -0.1) is 0 Å². The zero-order valence-corrected chi connectivity index (χ0v) is 16.6. The molecule has 150 valence electrons. The van der Waals surface area contributed by atoms with Crippen molar-refractivity contribution < 1.29 is 13.6 Å². The smallest absolute Gasteiger partial charge is 0.263 e. The fourth-order valence-corrected chi connectivity index (χ4v) is 3.91. The molecule has 1 aromatic heterocycles. The van der Waals surface area contributed by atoms with E-state index in [1.165, 1.54) is 22.8 Å². The molecule has 3 rings (SSSR count). The van der Waals surface area contributed by atoms with Crippen LogP contribution in [-0.4, -0.2) is 28.5 Å². The maximum Gasteiger partial charge on any atom is 0.263 e. The molecule has 0 saturated carbocycles. The van der Waals surface area contributed by atoms with Gasteiger partial charge in [-0.2, -0.15) is 0 Å². The van der Waals surface area contributed by atoms with Gasteiger partial charge in [0.2, 0.25) is 0 Å².